The van der Waals surface area contributed by atoms with Crippen LogP contribution < -0.4 is 16.4 Å². The van der Waals surface area contributed by atoms with Crippen molar-refractivity contribution in [1.82, 2.24) is 5.32 Å². The largest absolute Gasteiger partial charge is 0.383 e. The summed E-state index contributed by atoms with van der Waals surface area (Å²) in [5.41, 5.74) is 7.53. The second-order valence-electron chi connectivity index (χ2n) is 5.28. The molecule has 1 rings (SSSR count). The van der Waals surface area contributed by atoms with Crippen LogP contribution in [-0.4, -0.2) is 32.2 Å². The first-order valence-corrected chi connectivity index (χ1v) is 7.39. The summed E-state index contributed by atoms with van der Waals surface area (Å²) in [6.45, 7) is 4.97. The van der Waals surface area contributed by atoms with E-state index in [1.807, 2.05) is 18.2 Å². The highest BCUT2D eigenvalue weighted by Gasteiger charge is 2.13. The molecule has 0 aliphatic carbocycles. The maximum absolute atomic E-state index is 11.1. The van der Waals surface area contributed by atoms with Crippen LogP contribution in [-0.2, 0) is 9.53 Å². The number of ether oxygens (including phenoxy) is 1. The first-order chi connectivity index (χ1) is 10.1. The third-order valence-corrected chi connectivity index (χ3v) is 3.32. The normalized spacial score (nSPS) is 13.7. The van der Waals surface area contributed by atoms with Gasteiger partial charge in [0.1, 0.15) is 0 Å². The lowest BCUT2D eigenvalue weighted by atomic mass is 10.0. The molecule has 0 saturated carbocycles. The summed E-state index contributed by atoms with van der Waals surface area (Å²) in [4.78, 5) is 11.1. The molecule has 118 valence electrons. The molecule has 4 N–H and O–H groups in total. The van der Waals surface area contributed by atoms with Crippen molar-refractivity contribution in [3.8, 4) is 0 Å². The van der Waals surface area contributed by atoms with Crippen LogP contribution in [0.3, 0.4) is 0 Å². The first-order valence-electron chi connectivity index (χ1n) is 7.39. The Morgan fingerprint density at radius 3 is 2.81 bits per heavy atom. The number of amides is 1. The Kier molecular flexibility index (Phi) is 7.97. The average Bonchev–Trinajstić information content (AvgIpc) is 2.44. The molecule has 5 heteroatoms. The molecule has 1 aromatic rings. The molecule has 1 amide bonds. The minimum atomic E-state index is -0.0621. The Hall–Kier alpha value is -1.43. The van der Waals surface area contributed by atoms with E-state index in [9.17, 15) is 4.79 Å². The van der Waals surface area contributed by atoms with Gasteiger partial charge in [-0.25, -0.2) is 0 Å². The highest BCUT2D eigenvalue weighted by Crippen LogP contribution is 2.18. The lowest BCUT2D eigenvalue weighted by Crippen LogP contribution is -2.35. The van der Waals surface area contributed by atoms with Gasteiger partial charge >= 0.3 is 0 Å². The van der Waals surface area contributed by atoms with Crippen LogP contribution in [0, 0.1) is 0 Å². The number of hydrogen-bond donors (Lipinski definition) is 3. The molecular weight excluding hydrogens is 266 g/mol. The highest BCUT2D eigenvalue weighted by atomic mass is 16.5. The molecule has 0 heterocycles. The van der Waals surface area contributed by atoms with Gasteiger partial charge in [-0.3, -0.25) is 4.79 Å². The number of carbonyl (C=O) groups is 1. The Labute approximate surface area is 127 Å². The number of methoxy groups -OCH3 is 1. The number of hydrogen-bond acceptors (Lipinski definition) is 4. The third kappa shape index (κ3) is 6.71. The van der Waals surface area contributed by atoms with Gasteiger partial charge in [0.2, 0.25) is 5.91 Å². The summed E-state index contributed by atoms with van der Waals surface area (Å²) in [7, 11) is 1.71. The fourth-order valence-corrected chi connectivity index (χ4v) is 2.32. The van der Waals surface area contributed by atoms with Crippen LogP contribution in [0.25, 0.3) is 0 Å². The number of benzene rings is 1. The van der Waals surface area contributed by atoms with Crippen molar-refractivity contribution in [1.29, 1.82) is 0 Å². The fourth-order valence-electron chi connectivity index (χ4n) is 2.32. The number of nitrogens with one attached hydrogen (secondary N) is 2. The lowest BCUT2D eigenvalue weighted by Gasteiger charge is -2.23. The minimum absolute atomic E-state index is 0.0621. The number of carbonyl (C=O) groups excluding carboxylic acids is 1. The fraction of sp³-hybridized carbons (Fsp3) is 0.562. The molecule has 0 bridgehead atoms. The van der Waals surface area contributed by atoms with Gasteiger partial charge in [0.15, 0.2) is 0 Å². The molecule has 0 saturated heterocycles. The summed E-state index contributed by atoms with van der Waals surface area (Å²) >= 11 is 0. The van der Waals surface area contributed by atoms with Gasteiger partial charge in [0, 0.05) is 31.8 Å². The van der Waals surface area contributed by atoms with E-state index in [-0.39, 0.29) is 18.0 Å². The maximum Gasteiger partial charge on any atom is 0.221 e. The van der Waals surface area contributed by atoms with E-state index >= 15 is 0 Å². The van der Waals surface area contributed by atoms with Crippen molar-refractivity contribution >= 4 is 11.6 Å². The van der Waals surface area contributed by atoms with E-state index in [0.29, 0.717) is 13.2 Å². The van der Waals surface area contributed by atoms with Gasteiger partial charge in [-0.05, 0) is 44.0 Å². The highest BCUT2D eigenvalue weighted by molar-refractivity contribution is 5.88. The van der Waals surface area contributed by atoms with Crippen LogP contribution in [0.2, 0.25) is 0 Å². The first kappa shape index (κ1) is 17.6. The molecule has 0 aliphatic heterocycles. The van der Waals surface area contributed by atoms with Gasteiger partial charge in [-0.1, -0.05) is 12.1 Å². The van der Waals surface area contributed by atoms with Crippen molar-refractivity contribution in [2.45, 2.75) is 38.8 Å². The Bertz CT molecular complexity index is 437. The van der Waals surface area contributed by atoms with Crippen LogP contribution in [0.4, 0.5) is 5.69 Å². The van der Waals surface area contributed by atoms with Crippen LogP contribution in [0.1, 0.15) is 38.3 Å². The molecule has 0 aromatic heterocycles. The Morgan fingerprint density at radius 2 is 2.19 bits per heavy atom. The third-order valence-electron chi connectivity index (χ3n) is 3.32. The molecule has 21 heavy (non-hydrogen) atoms. The predicted molar refractivity (Wildman–Crippen MR) is 86.2 cm³/mol. The quantitative estimate of drug-likeness (QED) is 0.651. The zero-order valence-corrected chi connectivity index (χ0v) is 13.2. The second-order valence-corrected chi connectivity index (χ2v) is 5.28. The van der Waals surface area contributed by atoms with Crippen LogP contribution >= 0.6 is 0 Å². The van der Waals surface area contributed by atoms with E-state index in [0.717, 1.165) is 24.1 Å². The smallest absolute Gasteiger partial charge is 0.221 e. The van der Waals surface area contributed by atoms with Gasteiger partial charge in [0.25, 0.3) is 0 Å². The molecule has 0 radical (unpaired) electrons. The summed E-state index contributed by atoms with van der Waals surface area (Å²) in [5.74, 6) is -0.0621. The van der Waals surface area contributed by atoms with Crippen LogP contribution in [0.15, 0.2) is 24.3 Å². The molecule has 2 atom stereocenters. The monoisotopic (exact) mass is 293 g/mol. The topological polar surface area (TPSA) is 76.4 Å². The van der Waals surface area contributed by atoms with E-state index in [4.69, 9.17) is 10.5 Å². The van der Waals surface area contributed by atoms with E-state index < -0.39 is 0 Å². The number of rotatable bonds is 9. The van der Waals surface area contributed by atoms with E-state index in [1.54, 1.807) is 7.11 Å². The van der Waals surface area contributed by atoms with Crippen molar-refractivity contribution in [2.24, 2.45) is 5.73 Å². The summed E-state index contributed by atoms with van der Waals surface area (Å²) in [6, 6.07) is 8.33. The van der Waals surface area contributed by atoms with Crippen molar-refractivity contribution in [2.75, 3.05) is 25.6 Å². The van der Waals surface area contributed by atoms with Gasteiger partial charge in [0.05, 0.1) is 6.61 Å². The molecule has 0 spiro atoms. The Balaban J connectivity index is 2.67. The SMILES string of the molecule is COCC(CCCN)NC(C)c1cccc(NC(C)=O)c1. The minimum Gasteiger partial charge on any atom is -0.383 e. The van der Waals surface area contributed by atoms with Crippen molar-refractivity contribution in [3.05, 3.63) is 29.8 Å². The zero-order chi connectivity index (χ0) is 15.7. The second kappa shape index (κ2) is 9.50. The van der Waals surface area contributed by atoms with Crippen molar-refractivity contribution < 1.29 is 9.53 Å². The number of nitrogens with two attached hydrogens (primary N) is 1. The van der Waals surface area contributed by atoms with Gasteiger partial charge in [-0.15, -0.1) is 0 Å². The predicted octanol–water partition coefficient (Wildman–Crippen LogP) is 2.05. The molecular formula is C16H27N3O2. The standard InChI is InChI=1S/C16H27N3O2/c1-12(18-16(11-21-3)8-5-9-17)14-6-4-7-15(10-14)19-13(2)20/h4,6-7,10,12,16,18H,5,8-9,11,17H2,1-3H3,(H,19,20). The van der Waals surface area contributed by atoms with E-state index in [2.05, 4.69) is 23.6 Å². The molecule has 1 aromatic carbocycles. The van der Waals surface area contributed by atoms with Crippen LogP contribution in [0.5, 0.6) is 0 Å². The van der Waals surface area contributed by atoms with E-state index in [1.165, 1.54) is 6.92 Å². The Morgan fingerprint density at radius 1 is 1.43 bits per heavy atom. The zero-order valence-electron chi connectivity index (χ0n) is 13.2. The molecule has 5 nitrogen and oxygen atoms in total. The molecule has 2 unspecified atom stereocenters. The summed E-state index contributed by atoms with van der Waals surface area (Å²) < 4.78 is 5.25. The van der Waals surface area contributed by atoms with Gasteiger partial charge in [-0.2, -0.15) is 0 Å². The van der Waals surface area contributed by atoms with Crippen molar-refractivity contribution in [3.63, 3.8) is 0 Å². The summed E-state index contributed by atoms with van der Waals surface area (Å²) in [6.07, 6.45) is 1.96. The number of anilines is 1. The summed E-state index contributed by atoms with van der Waals surface area (Å²) in [5, 5.41) is 6.36. The molecule has 0 aliphatic rings. The maximum atomic E-state index is 11.1. The average molecular weight is 293 g/mol. The lowest BCUT2D eigenvalue weighted by molar-refractivity contribution is -0.114. The van der Waals surface area contributed by atoms with Gasteiger partial charge < -0.3 is 21.1 Å². The molecule has 0 fully saturated rings.